The van der Waals surface area contributed by atoms with Crippen LogP contribution in [0.25, 0.3) is 0 Å². The predicted molar refractivity (Wildman–Crippen MR) is 121 cm³/mol. The number of piperidine rings is 1. The Balaban J connectivity index is 1.49. The number of aromatic nitrogens is 2. The summed E-state index contributed by atoms with van der Waals surface area (Å²) in [7, 11) is 1.89. The molecule has 1 aliphatic carbocycles. The summed E-state index contributed by atoms with van der Waals surface area (Å²) in [6, 6.07) is 0. The lowest BCUT2D eigenvalue weighted by Crippen LogP contribution is -2.41. The standard InChI is InChI=1S/C24H35N5O2/c1-15-5-6-19(13-16(15)2)24(31)29-12-9-21-20(14-29)23(25-4)27-22(26-21)18-7-10-28(11-8-18)17(3)30/h18-19H,5-14H2,1-4H3,(H,25,26,27)/t19-/m0/s1. The Labute approximate surface area is 185 Å². The van der Waals surface area contributed by atoms with Gasteiger partial charge >= 0.3 is 0 Å². The van der Waals surface area contributed by atoms with Crippen molar-refractivity contribution < 1.29 is 9.59 Å². The Hall–Kier alpha value is -2.44. The SMILES string of the molecule is CNc1nc(C2CCN(C(C)=O)CC2)nc2c1CN(C(=O)[C@H]1CCC(C)=C(C)C1)CC2. The van der Waals surface area contributed by atoms with Gasteiger partial charge in [-0.3, -0.25) is 9.59 Å². The van der Waals surface area contributed by atoms with Gasteiger partial charge in [0.15, 0.2) is 0 Å². The summed E-state index contributed by atoms with van der Waals surface area (Å²) in [6.07, 6.45) is 5.46. The monoisotopic (exact) mass is 425 g/mol. The molecule has 0 saturated carbocycles. The van der Waals surface area contributed by atoms with E-state index in [0.717, 1.165) is 81.1 Å². The first-order valence-corrected chi connectivity index (χ1v) is 11.6. The number of fused-ring (bicyclic) bond motifs is 1. The number of carbonyl (C=O) groups is 2. The van der Waals surface area contributed by atoms with Crippen LogP contribution in [0.15, 0.2) is 11.1 Å². The average molecular weight is 426 g/mol. The molecule has 3 aliphatic rings. The lowest BCUT2D eigenvalue weighted by Gasteiger charge is -2.35. The lowest BCUT2D eigenvalue weighted by molar-refractivity contribution is -0.137. The number of carbonyl (C=O) groups excluding carboxylic acids is 2. The Morgan fingerprint density at radius 2 is 1.71 bits per heavy atom. The Morgan fingerprint density at radius 3 is 2.35 bits per heavy atom. The molecule has 7 heteroatoms. The van der Waals surface area contributed by atoms with Gasteiger partial charge in [0.25, 0.3) is 0 Å². The number of likely N-dealkylation sites (tertiary alicyclic amines) is 1. The number of allylic oxidation sites excluding steroid dienone is 2. The van der Waals surface area contributed by atoms with E-state index in [9.17, 15) is 9.59 Å². The van der Waals surface area contributed by atoms with Crippen molar-refractivity contribution in [2.45, 2.75) is 71.8 Å². The molecule has 1 aromatic rings. The van der Waals surface area contributed by atoms with E-state index in [4.69, 9.17) is 9.97 Å². The molecule has 31 heavy (non-hydrogen) atoms. The zero-order valence-corrected chi connectivity index (χ0v) is 19.3. The fourth-order valence-corrected chi connectivity index (χ4v) is 5.18. The highest BCUT2D eigenvalue weighted by atomic mass is 16.2. The zero-order valence-electron chi connectivity index (χ0n) is 19.3. The van der Waals surface area contributed by atoms with E-state index in [0.29, 0.717) is 6.54 Å². The first-order chi connectivity index (χ1) is 14.9. The molecule has 3 heterocycles. The molecule has 1 N–H and O–H groups in total. The van der Waals surface area contributed by atoms with Crippen LogP contribution in [-0.2, 0) is 22.6 Å². The summed E-state index contributed by atoms with van der Waals surface area (Å²) >= 11 is 0. The van der Waals surface area contributed by atoms with Crippen LogP contribution in [0.1, 0.15) is 75.9 Å². The molecular formula is C24H35N5O2. The lowest BCUT2D eigenvalue weighted by atomic mass is 9.84. The first-order valence-electron chi connectivity index (χ1n) is 11.6. The van der Waals surface area contributed by atoms with Gasteiger partial charge in [0.2, 0.25) is 11.8 Å². The van der Waals surface area contributed by atoms with Crippen molar-refractivity contribution in [2.24, 2.45) is 5.92 Å². The van der Waals surface area contributed by atoms with E-state index in [1.54, 1.807) is 6.92 Å². The van der Waals surface area contributed by atoms with Crippen LogP contribution in [0.5, 0.6) is 0 Å². The third kappa shape index (κ3) is 4.46. The van der Waals surface area contributed by atoms with E-state index in [2.05, 4.69) is 19.2 Å². The Morgan fingerprint density at radius 1 is 0.968 bits per heavy atom. The van der Waals surface area contributed by atoms with Crippen LogP contribution in [0.4, 0.5) is 5.82 Å². The molecule has 2 aliphatic heterocycles. The number of hydrogen-bond donors (Lipinski definition) is 1. The molecule has 0 bridgehead atoms. The quantitative estimate of drug-likeness (QED) is 0.752. The number of hydrogen-bond acceptors (Lipinski definition) is 5. The molecule has 0 radical (unpaired) electrons. The second-order valence-corrected chi connectivity index (χ2v) is 9.40. The molecule has 1 aromatic heterocycles. The third-order valence-electron chi connectivity index (χ3n) is 7.43. The maximum absolute atomic E-state index is 13.2. The van der Waals surface area contributed by atoms with Gasteiger partial charge in [-0.05, 0) is 46.0 Å². The van der Waals surface area contributed by atoms with Crippen LogP contribution in [0, 0.1) is 5.92 Å². The van der Waals surface area contributed by atoms with Gasteiger partial charge < -0.3 is 15.1 Å². The summed E-state index contributed by atoms with van der Waals surface area (Å²) in [5, 5.41) is 3.25. The maximum atomic E-state index is 13.2. The van der Waals surface area contributed by atoms with Gasteiger partial charge in [-0.1, -0.05) is 11.1 Å². The van der Waals surface area contributed by atoms with Crippen molar-refractivity contribution in [3.63, 3.8) is 0 Å². The molecule has 0 unspecified atom stereocenters. The van der Waals surface area contributed by atoms with Gasteiger partial charge in [-0.15, -0.1) is 0 Å². The minimum atomic E-state index is 0.106. The number of anilines is 1. The summed E-state index contributed by atoms with van der Waals surface area (Å²) in [6.45, 7) is 8.84. The second-order valence-electron chi connectivity index (χ2n) is 9.40. The van der Waals surface area contributed by atoms with Crippen LogP contribution < -0.4 is 5.32 Å². The van der Waals surface area contributed by atoms with Crippen LogP contribution >= 0.6 is 0 Å². The van der Waals surface area contributed by atoms with Crippen LogP contribution in [0.2, 0.25) is 0 Å². The van der Waals surface area contributed by atoms with Gasteiger partial charge in [-0.25, -0.2) is 9.97 Å². The third-order valence-corrected chi connectivity index (χ3v) is 7.43. The van der Waals surface area contributed by atoms with Crippen LogP contribution in [-0.4, -0.2) is 58.3 Å². The van der Waals surface area contributed by atoms with E-state index < -0.39 is 0 Å². The normalized spacial score (nSPS) is 22.4. The molecule has 4 rings (SSSR count). The van der Waals surface area contributed by atoms with Gasteiger partial charge in [0, 0.05) is 57.4 Å². The molecular weight excluding hydrogens is 390 g/mol. The highest BCUT2D eigenvalue weighted by molar-refractivity contribution is 5.80. The molecule has 168 valence electrons. The van der Waals surface area contributed by atoms with Crippen molar-refractivity contribution in [3.05, 3.63) is 28.2 Å². The smallest absolute Gasteiger partial charge is 0.226 e. The minimum absolute atomic E-state index is 0.106. The zero-order chi connectivity index (χ0) is 22.1. The van der Waals surface area contributed by atoms with Crippen molar-refractivity contribution >= 4 is 17.6 Å². The fourth-order valence-electron chi connectivity index (χ4n) is 5.18. The van der Waals surface area contributed by atoms with Crippen molar-refractivity contribution in [1.29, 1.82) is 0 Å². The van der Waals surface area contributed by atoms with Crippen molar-refractivity contribution in [1.82, 2.24) is 19.8 Å². The van der Waals surface area contributed by atoms with Crippen molar-refractivity contribution in [2.75, 3.05) is 32.0 Å². The molecule has 1 saturated heterocycles. The fraction of sp³-hybridized carbons (Fsp3) is 0.667. The largest absolute Gasteiger partial charge is 0.373 e. The molecule has 1 fully saturated rings. The molecule has 7 nitrogen and oxygen atoms in total. The van der Waals surface area contributed by atoms with Gasteiger partial charge in [0.1, 0.15) is 11.6 Å². The Kier molecular flexibility index (Phi) is 6.30. The molecule has 1 atom stereocenters. The number of rotatable bonds is 3. The maximum Gasteiger partial charge on any atom is 0.226 e. The number of nitrogens with one attached hydrogen (secondary N) is 1. The highest BCUT2D eigenvalue weighted by Crippen LogP contribution is 2.34. The number of nitrogens with zero attached hydrogens (tertiary/aromatic N) is 4. The van der Waals surface area contributed by atoms with E-state index in [1.165, 1.54) is 11.1 Å². The topological polar surface area (TPSA) is 78.4 Å². The average Bonchev–Trinajstić information content (AvgIpc) is 2.79. The minimum Gasteiger partial charge on any atom is -0.373 e. The second kappa shape index (κ2) is 8.97. The molecule has 0 aromatic carbocycles. The van der Waals surface area contributed by atoms with E-state index in [1.807, 2.05) is 16.8 Å². The summed E-state index contributed by atoms with van der Waals surface area (Å²) in [5.41, 5.74) is 4.96. The Bertz CT molecular complexity index is 884. The van der Waals surface area contributed by atoms with Gasteiger partial charge in [0.05, 0.1) is 12.2 Å². The summed E-state index contributed by atoms with van der Waals surface area (Å²) < 4.78 is 0. The molecule has 0 spiro atoms. The summed E-state index contributed by atoms with van der Waals surface area (Å²) in [5.74, 6) is 2.55. The van der Waals surface area contributed by atoms with Crippen molar-refractivity contribution in [3.8, 4) is 0 Å². The van der Waals surface area contributed by atoms with E-state index in [-0.39, 0.29) is 23.7 Å². The highest BCUT2D eigenvalue weighted by Gasteiger charge is 2.32. The molecule has 2 amide bonds. The predicted octanol–water partition coefficient (Wildman–Crippen LogP) is 3.27. The summed E-state index contributed by atoms with van der Waals surface area (Å²) in [4.78, 5) is 38.6. The van der Waals surface area contributed by atoms with Gasteiger partial charge in [-0.2, -0.15) is 0 Å². The van der Waals surface area contributed by atoms with Crippen LogP contribution in [0.3, 0.4) is 0 Å². The number of amides is 2. The van der Waals surface area contributed by atoms with E-state index >= 15 is 0 Å². The first kappa shape index (κ1) is 21.8.